The van der Waals surface area contributed by atoms with Gasteiger partial charge in [0.15, 0.2) is 0 Å². The third-order valence-corrected chi connectivity index (χ3v) is 2.62. The third-order valence-electron chi connectivity index (χ3n) is 2.62. The molecule has 0 bridgehead atoms. The van der Waals surface area contributed by atoms with Crippen molar-refractivity contribution in [3.05, 3.63) is 0 Å². The zero-order chi connectivity index (χ0) is 11.1. The Balaban J connectivity index is 2.22. The van der Waals surface area contributed by atoms with Gasteiger partial charge in [0, 0.05) is 19.6 Å². The van der Waals surface area contributed by atoms with Crippen LogP contribution in [0.3, 0.4) is 0 Å². The number of amides is 1. The van der Waals surface area contributed by atoms with Gasteiger partial charge in [0.2, 0.25) is 5.91 Å². The fourth-order valence-electron chi connectivity index (χ4n) is 1.69. The van der Waals surface area contributed by atoms with Gasteiger partial charge < -0.3 is 10.1 Å². The molecule has 1 aliphatic rings. The smallest absolute Gasteiger partial charge is 0.234 e. The summed E-state index contributed by atoms with van der Waals surface area (Å²) < 4.78 is 5.55. The summed E-state index contributed by atoms with van der Waals surface area (Å²) in [6.07, 6.45) is 2.32. The van der Waals surface area contributed by atoms with Gasteiger partial charge in [-0.1, -0.05) is 13.8 Å². The maximum atomic E-state index is 11.5. The van der Waals surface area contributed by atoms with Crippen LogP contribution in [-0.2, 0) is 9.53 Å². The van der Waals surface area contributed by atoms with Gasteiger partial charge in [0.1, 0.15) is 0 Å². The average Bonchev–Trinajstić information content (AvgIpc) is 2.26. The van der Waals surface area contributed by atoms with Crippen LogP contribution < -0.4 is 5.32 Å². The topological polar surface area (TPSA) is 41.6 Å². The molecule has 0 aromatic carbocycles. The normalized spacial score (nSPS) is 22.7. The molecule has 4 heteroatoms. The highest BCUT2D eigenvalue weighted by molar-refractivity contribution is 5.77. The Morgan fingerprint density at radius 2 is 2.33 bits per heavy atom. The summed E-state index contributed by atoms with van der Waals surface area (Å²) in [5.41, 5.74) is 0. The minimum atomic E-state index is 0.133. The Morgan fingerprint density at radius 3 is 3.00 bits per heavy atom. The van der Waals surface area contributed by atoms with Crippen LogP contribution in [0.5, 0.6) is 0 Å². The number of rotatable bonds is 5. The van der Waals surface area contributed by atoms with E-state index in [2.05, 4.69) is 24.1 Å². The zero-order valence-electron chi connectivity index (χ0n) is 9.79. The minimum absolute atomic E-state index is 0.133. The largest absolute Gasteiger partial charge is 0.376 e. The molecule has 0 aromatic heterocycles. The molecule has 0 radical (unpaired) electrons. The monoisotopic (exact) mass is 214 g/mol. The van der Waals surface area contributed by atoms with Gasteiger partial charge in [-0.2, -0.15) is 0 Å². The molecule has 1 heterocycles. The van der Waals surface area contributed by atoms with Crippen LogP contribution in [-0.4, -0.2) is 49.7 Å². The molecular formula is C11H22N2O2. The lowest BCUT2D eigenvalue weighted by atomic mass is 10.2. The maximum Gasteiger partial charge on any atom is 0.234 e. The van der Waals surface area contributed by atoms with E-state index in [1.54, 1.807) is 0 Å². The van der Waals surface area contributed by atoms with E-state index in [1.165, 1.54) is 0 Å². The summed E-state index contributed by atoms with van der Waals surface area (Å²) in [7, 11) is 0. The molecule has 15 heavy (non-hydrogen) atoms. The van der Waals surface area contributed by atoms with Crippen LogP contribution >= 0.6 is 0 Å². The Morgan fingerprint density at radius 1 is 1.53 bits per heavy atom. The SMILES string of the molecule is CCCNC(=O)CN1CCO[C@@H](CC)C1. The van der Waals surface area contributed by atoms with E-state index in [0.717, 1.165) is 39.1 Å². The van der Waals surface area contributed by atoms with Crippen molar-refractivity contribution < 1.29 is 9.53 Å². The maximum absolute atomic E-state index is 11.5. The van der Waals surface area contributed by atoms with Crippen molar-refractivity contribution in [2.75, 3.05) is 32.8 Å². The van der Waals surface area contributed by atoms with Crippen LogP contribution in [0, 0.1) is 0 Å². The molecule has 4 nitrogen and oxygen atoms in total. The van der Waals surface area contributed by atoms with Crippen molar-refractivity contribution >= 4 is 5.91 Å². The number of morpholine rings is 1. The molecule has 1 fully saturated rings. The summed E-state index contributed by atoms with van der Waals surface area (Å²) in [4.78, 5) is 13.6. The van der Waals surface area contributed by atoms with E-state index in [4.69, 9.17) is 4.74 Å². The predicted octanol–water partition coefficient (Wildman–Crippen LogP) is 0.623. The lowest BCUT2D eigenvalue weighted by Crippen LogP contribution is -2.46. The van der Waals surface area contributed by atoms with E-state index in [-0.39, 0.29) is 5.91 Å². The van der Waals surface area contributed by atoms with Gasteiger partial charge in [-0.3, -0.25) is 9.69 Å². The van der Waals surface area contributed by atoms with Crippen LogP contribution in [0.25, 0.3) is 0 Å². The van der Waals surface area contributed by atoms with Crippen molar-refractivity contribution in [3.8, 4) is 0 Å². The Bertz CT molecular complexity index is 197. The number of carbonyl (C=O) groups excluding carboxylic acids is 1. The second-order valence-electron chi connectivity index (χ2n) is 3.99. The highest BCUT2D eigenvalue weighted by Gasteiger charge is 2.20. The van der Waals surface area contributed by atoms with Crippen molar-refractivity contribution in [1.82, 2.24) is 10.2 Å². The molecule has 1 amide bonds. The summed E-state index contributed by atoms with van der Waals surface area (Å²) in [5, 5.41) is 2.89. The van der Waals surface area contributed by atoms with Gasteiger partial charge in [0.05, 0.1) is 19.3 Å². The van der Waals surface area contributed by atoms with Crippen molar-refractivity contribution in [3.63, 3.8) is 0 Å². The number of carbonyl (C=O) groups is 1. The number of nitrogens with one attached hydrogen (secondary N) is 1. The summed E-state index contributed by atoms with van der Waals surface area (Å²) in [6.45, 7) is 7.97. The number of nitrogens with zero attached hydrogens (tertiary/aromatic N) is 1. The average molecular weight is 214 g/mol. The highest BCUT2D eigenvalue weighted by Crippen LogP contribution is 2.07. The molecular weight excluding hydrogens is 192 g/mol. The van der Waals surface area contributed by atoms with Gasteiger partial charge in [0.25, 0.3) is 0 Å². The van der Waals surface area contributed by atoms with Gasteiger partial charge in [-0.05, 0) is 12.8 Å². The van der Waals surface area contributed by atoms with Crippen molar-refractivity contribution in [2.24, 2.45) is 0 Å². The van der Waals surface area contributed by atoms with Gasteiger partial charge in [-0.15, -0.1) is 0 Å². The van der Waals surface area contributed by atoms with E-state index in [0.29, 0.717) is 12.6 Å². The lowest BCUT2D eigenvalue weighted by Gasteiger charge is -2.31. The van der Waals surface area contributed by atoms with Gasteiger partial charge in [-0.25, -0.2) is 0 Å². The molecule has 1 aliphatic heterocycles. The molecule has 0 unspecified atom stereocenters. The second kappa shape index (κ2) is 6.80. The van der Waals surface area contributed by atoms with E-state index in [1.807, 2.05) is 0 Å². The first kappa shape index (κ1) is 12.5. The number of hydrogen-bond acceptors (Lipinski definition) is 3. The Labute approximate surface area is 92.0 Å². The fraction of sp³-hybridized carbons (Fsp3) is 0.909. The fourth-order valence-corrected chi connectivity index (χ4v) is 1.69. The van der Waals surface area contributed by atoms with E-state index in [9.17, 15) is 4.79 Å². The van der Waals surface area contributed by atoms with Crippen LogP contribution in [0.2, 0.25) is 0 Å². The van der Waals surface area contributed by atoms with Crippen LogP contribution in [0.15, 0.2) is 0 Å². The Kier molecular flexibility index (Phi) is 5.65. The van der Waals surface area contributed by atoms with Crippen molar-refractivity contribution in [1.29, 1.82) is 0 Å². The predicted molar refractivity (Wildman–Crippen MR) is 59.8 cm³/mol. The molecule has 88 valence electrons. The molecule has 0 saturated carbocycles. The highest BCUT2D eigenvalue weighted by atomic mass is 16.5. The first-order chi connectivity index (χ1) is 7.26. The first-order valence-corrected chi connectivity index (χ1v) is 5.87. The molecule has 1 atom stereocenters. The zero-order valence-corrected chi connectivity index (χ0v) is 9.79. The summed E-state index contributed by atoms with van der Waals surface area (Å²) >= 11 is 0. The molecule has 1 saturated heterocycles. The molecule has 0 spiro atoms. The molecule has 0 aliphatic carbocycles. The summed E-state index contributed by atoms with van der Waals surface area (Å²) in [6, 6.07) is 0. The first-order valence-electron chi connectivity index (χ1n) is 5.87. The van der Waals surface area contributed by atoms with Crippen molar-refractivity contribution in [2.45, 2.75) is 32.8 Å². The van der Waals surface area contributed by atoms with Gasteiger partial charge >= 0.3 is 0 Å². The van der Waals surface area contributed by atoms with Crippen LogP contribution in [0.1, 0.15) is 26.7 Å². The number of hydrogen-bond donors (Lipinski definition) is 1. The minimum Gasteiger partial charge on any atom is -0.376 e. The molecule has 1 N–H and O–H groups in total. The third kappa shape index (κ3) is 4.62. The quantitative estimate of drug-likeness (QED) is 0.729. The summed E-state index contributed by atoms with van der Waals surface area (Å²) in [5.74, 6) is 0.133. The Hall–Kier alpha value is -0.610. The van der Waals surface area contributed by atoms with E-state index < -0.39 is 0 Å². The molecule has 1 rings (SSSR count). The number of ether oxygens (including phenoxy) is 1. The lowest BCUT2D eigenvalue weighted by molar-refractivity contribution is -0.124. The van der Waals surface area contributed by atoms with E-state index >= 15 is 0 Å². The standard InChI is InChI=1S/C11H22N2O2/c1-3-5-12-11(14)9-13-6-7-15-10(4-2)8-13/h10H,3-9H2,1-2H3,(H,12,14)/t10-/m0/s1. The molecule has 0 aromatic rings. The second-order valence-corrected chi connectivity index (χ2v) is 3.99. The van der Waals surface area contributed by atoms with Crippen LogP contribution in [0.4, 0.5) is 0 Å².